The molecule has 0 spiro atoms. The number of hydrogen-bond acceptors (Lipinski definition) is 7. The summed E-state index contributed by atoms with van der Waals surface area (Å²) in [6.45, 7) is 4.10. The number of rotatable bonds is 10. The second-order valence-electron chi connectivity index (χ2n) is 10.9. The van der Waals surface area contributed by atoms with Gasteiger partial charge in [0.1, 0.15) is 23.7 Å². The van der Waals surface area contributed by atoms with Crippen molar-refractivity contribution in [3.63, 3.8) is 0 Å². The number of imidazole rings is 1. The molecule has 6 rings (SSSR count). The van der Waals surface area contributed by atoms with E-state index in [1.807, 2.05) is 11.5 Å². The minimum atomic E-state index is -2.77. The van der Waals surface area contributed by atoms with Crippen LogP contribution in [0.1, 0.15) is 64.4 Å². The Morgan fingerprint density at radius 3 is 2.66 bits per heavy atom. The third-order valence-electron chi connectivity index (χ3n) is 8.24. The molecule has 9 nitrogen and oxygen atoms in total. The number of hydrogen-bond donors (Lipinski definition) is 1. The molecule has 0 unspecified atom stereocenters. The zero-order chi connectivity index (χ0) is 31.1. The van der Waals surface area contributed by atoms with Crippen molar-refractivity contribution in [2.45, 2.75) is 58.0 Å². The first-order valence-corrected chi connectivity index (χ1v) is 14.9. The molecule has 0 saturated carbocycles. The van der Waals surface area contributed by atoms with Gasteiger partial charge in [0.15, 0.2) is 0 Å². The summed E-state index contributed by atoms with van der Waals surface area (Å²) >= 11 is 12.3. The molecular weight excluding hydrogens is 617 g/mol. The van der Waals surface area contributed by atoms with Gasteiger partial charge >= 0.3 is 5.97 Å². The Labute approximate surface area is 262 Å². The number of alkyl halides is 2. The molecule has 1 saturated heterocycles. The van der Waals surface area contributed by atoms with Crippen molar-refractivity contribution in [1.82, 2.24) is 19.4 Å². The number of nitrogens with zero attached hydrogens (tertiary/aromatic N) is 4. The van der Waals surface area contributed by atoms with E-state index >= 15 is 0 Å². The second kappa shape index (κ2) is 12.5. The molecule has 44 heavy (non-hydrogen) atoms. The van der Waals surface area contributed by atoms with Crippen LogP contribution < -0.4 is 9.47 Å². The van der Waals surface area contributed by atoms with Gasteiger partial charge in [0.05, 0.1) is 54.7 Å². The molecule has 0 aliphatic carbocycles. The van der Waals surface area contributed by atoms with E-state index in [0.717, 1.165) is 12.0 Å². The summed E-state index contributed by atoms with van der Waals surface area (Å²) in [4.78, 5) is 23.5. The van der Waals surface area contributed by atoms with E-state index in [1.54, 1.807) is 24.3 Å². The third-order valence-corrected chi connectivity index (χ3v) is 8.83. The lowest BCUT2D eigenvalue weighted by Crippen LogP contribution is -2.36. The van der Waals surface area contributed by atoms with Crippen molar-refractivity contribution in [2.75, 3.05) is 20.3 Å². The van der Waals surface area contributed by atoms with Gasteiger partial charge in [-0.25, -0.2) is 23.5 Å². The second-order valence-corrected chi connectivity index (χ2v) is 11.8. The number of carbonyl (C=O) groups is 1. The minimum Gasteiger partial charge on any atom is -0.494 e. The molecule has 13 heteroatoms. The Morgan fingerprint density at radius 2 is 2.00 bits per heavy atom. The molecule has 2 atom stereocenters. The van der Waals surface area contributed by atoms with Crippen molar-refractivity contribution >= 4 is 40.2 Å². The molecule has 2 aliphatic heterocycles. The van der Waals surface area contributed by atoms with Gasteiger partial charge in [-0.15, -0.1) is 0 Å². The first-order chi connectivity index (χ1) is 21.1. The summed E-state index contributed by atoms with van der Waals surface area (Å²) < 4.78 is 47.2. The van der Waals surface area contributed by atoms with Crippen LogP contribution in [0.4, 0.5) is 8.78 Å². The SMILES string of the molecule is COc1cc(C(=O)O)cc2c1nc(CN1CCc3cc(C(F)F)c(OCc4ccc(Cl)cc4Cl)nc3[C@@H]1C)n2C[C@@H]1CCO1. The number of pyridine rings is 1. The molecule has 4 heterocycles. The number of ether oxygens (including phenoxy) is 3. The van der Waals surface area contributed by atoms with Crippen molar-refractivity contribution in [3.8, 4) is 11.6 Å². The third kappa shape index (κ3) is 5.93. The fourth-order valence-electron chi connectivity index (χ4n) is 5.69. The highest BCUT2D eigenvalue weighted by atomic mass is 35.5. The molecule has 1 N–H and O–H groups in total. The molecular formula is C31H30Cl2F2N4O5. The first kappa shape index (κ1) is 30.5. The number of carboxylic acid groups (broad SMARTS) is 1. The zero-order valence-electron chi connectivity index (χ0n) is 24.0. The smallest absolute Gasteiger partial charge is 0.335 e. The quantitative estimate of drug-likeness (QED) is 0.199. The number of methoxy groups -OCH3 is 1. The standard InChI is InChI=1S/C31H30Cl2F2N4O5/c1-16-27-17(9-22(29(34)35)30(37-27)44-15-18-3-4-20(32)12-23(18)33)5-7-38(16)14-26-36-28-24(39(26)13-21-6-8-43-21)10-19(31(40)41)11-25(28)42-2/h3-4,9-12,16,21,29H,5-8,13-15H2,1-2H3,(H,40,41)/t16-,21-/m0/s1. The van der Waals surface area contributed by atoms with Crippen LogP contribution in [0.3, 0.4) is 0 Å². The molecule has 2 aromatic carbocycles. The molecule has 4 aromatic rings. The normalized spacial score (nSPS) is 18.3. The van der Waals surface area contributed by atoms with Gasteiger partial charge in [0.25, 0.3) is 6.43 Å². The lowest BCUT2D eigenvalue weighted by Gasteiger charge is -2.35. The predicted molar refractivity (Wildman–Crippen MR) is 160 cm³/mol. The van der Waals surface area contributed by atoms with Crippen LogP contribution in [0.15, 0.2) is 36.4 Å². The Kier molecular flexibility index (Phi) is 8.65. The average Bonchev–Trinajstić information content (AvgIpc) is 3.31. The number of aromatic nitrogens is 3. The monoisotopic (exact) mass is 646 g/mol. The van der Waals surface area contributed by atoms with E-state index in [1.165, 1.54) is 19.2 Å². The summed E-state index contributed by atoms with van der Waals surface area (Å²) in [6, 6.07) is 9.22. The van der Waals surface area contributed by atoms with E-state index in [9.17, 15) is 18.7 Å². The van der Waals surface area contributed by atoms with Crippen LogP contribution in [-0.2, 0) is 30.9 Å². The lowest BCUT2D eigenvalue weighted by atomic mass is 9.97. The van der Waals surface area contributed by atoms with Gasteiger partial charge < -0.3 is 23.9 Å². The topological polar surface area (TPSA) is 98.9 Å². The Hall–Kier alpha value is -3.51. The van der Waals surface area contributed by atoms with Crippen LogP contribution in [0.25, 0.3) is 11.0 Å². The number of aromatic carboxylic acids is 1. The van der Waals surface area contributed by atoms with Gasteiger partial charge in [0.2, 0.25) is 5.88 Å². The van der Waals surface area contributed by atoms with Crippen molar-refractivity contribution in [1.29, 1.82) is 0 Å². The lowest BCUT2D eigenvalue weighted by molar-refractivity contribution is -0.0592. The fourth-order valence-corrected chi connectivity index (χ4v) is 6.15. The zero-order valence-corrected chi connectivity index (χ0v) is 25.5. The summed E-state index contributed by atoms with van der Waals surface area (Å²) in [5.74, 6) is -0.120. The maximum atomic E-state index is 14.1. The summed E-state index contributed by atoms with van der Waals surface area (Å²) in [7, 11) is 1.48. The summed E-state index contributed by atoms with van der Waals surface area (Å²) in [5, 5.41) is 10.5. The van der Waals surface area contributed by atoms with Gasteiger partial charge in [-0.2, -0.15) is 0 Å². The van der Waals surface area contributed by atoms with Crippen LogP contribution in [0.2, 0.25) is 10.0 Å². The molecule has 0 radical (unpaired) electrons. The fraction of sp³-hybridized carbons (Fsp3) is 0.387. The Morgan fingerprint density at radius 1 is 1.20 bits per heavy atom. The van der Waals surface area contributed by atoms with Gasteiger partial charge in [-0.3, -0.25) is 4.90 Å². The van der Waals surface area contributed by atoms with E-state index < -0.39 is 12.4 Å². The van der Waals surface area contributed by atoms with Gasteiger partial charge in [-0.1, -0.05) is 29.3 Å². The predicted octanol–water partition coefficient (Wildman–Crippen LogP) is 6.87. The maximum absolute atomic E-state index is 14.1. The van der Waals surface area contributed by atoms with E-state index in [4.69, 9.17) is 42.4 Å². The number of benzene rings is 2. The van der Waals surface area contributed by atoms with E-state index in [0.29, 0.717) is 76.6 Å². The highest BCUT2D eigenvalue weighted by molar-refractivity contribution is 6.35. The van der Waals surface area contributed by atoms with Gasteiger partial charge in [-0.05, 0) is 55.7 Å². The van der Waals surface area contributed by atoms with Crippen molar-refractivity contribution in [2.24, 2.45) is 0 Å². The van der Waals surface area contributed by atoms with E-state index in [2.05, 4.69) is 9.88 Å². The molecule has 2 aromatic heterocycles. The number of fused-ring (bicyclic) bond motifs is 2. The molecule has 0 bridgehead atoms. The minimum absolute atomic E-state index is 0.00609. The molecule has 2 aliphatic rings. The highest BCUT2D eigenvalue weighted by Gasteiger charge is 2.31. The van der Waals surface area contributed by atoms with Gasteiger partial charge in [0, 0.05) is 28.8 Å². The average molecular weight is 648 g/mol. The highest BCUT2D eigenvalue weighted by Crippen LogP contribution is 2.38. The van der Waals surface area contributed by atoms with Crippen LogP contribution in [-0.4, -0.2) is 56.9 Å². The largest absolute Gasteiger partial charge is 0.494 e. The molecule has 0 amide bonds. The van der Waals surface area contributed by atoms with Crippen LogP contribution in [0, 0.1) is 0 Å². The summed E-state index contributed by atoms with van der Waals surface area (Å²) in [5.41, 5.74) is 3.03. The van der Waals surface area contributed by atoms with Crippen molar-refractivity contribution in [3.05, 3.63) is 80.2 Å². The van der Waals surface area contributed by atoms with Crippen molar-refractivity contribution < 1.29 is 32.9 Å². The maximum Gasteiger partial charge on any atom is 0.335 e. The number of carboxylic acids is 1. The van der Waals surface area contributed by atoms with E-state index in [-0.39, 0.29) is 35.8 Å². The summed E-state index contributed by atoms with van der Waals surface area (Å²) in [6.07, 6.45) is -1.37. The molecule has 232 valence electrons. The Balaban J connectivity index is 1.32. The number of halogens is 4. The Bertz CT molecular complexity index is 1730. The van der Waals surface area contributed by atoms with Crippen LogP contribution in [0.5, 0.6) is 11.6 Å². The molecule has 1 fully saturated rings. The van der Waals surface area contributed by atoms with Crippen LogP contribution >= 0.6 is 23.2 Å². The first-order valence-electron chi connectivity index (χ1n) is 14.2.